The second kappa shape index (κ2) is 7.45. The number of H-pyrrole nitrogens is 1. The molecule has 2 amide bonds. The van der Waals surface area contributed by atoms with Gasteiger partial charge in [-0.2, -0.15) is 0 Å². The molecule has 0 saturated heterocycles. The van der Waals surface area contributed by atoms with Crippen molar-refractivity contribution in [1.82, 2.24) is 9.88 Å². The van der Waals surface area contributed by atoms with Gasteiger partial charge in [0.1, 0.15) is 0 Å². The molecular weight excluding hydrogens is 356 g/mol. The van der Waals surface area contributed by atoms with Gasteiger partial charge < -0.3 is 4.98 Å². The largest absolute Gasteiger partial charge is 0.361 e. The third-order valence-corrected chi connectivity index (χ3v) is 5.71. The molecule has 0 saturated carbocycles. The zero-order valence-electron chi connectivity index (χ0n) is 15.1. The predicted octanol–water partition coefficient (Wildman–Crippen LogP) is 4.24. The van der Waals surface area contributed by atoms with Crippen molar-refractivity contribution in [3.63, 3.8) is 0 Å². The molecule has 3 aromatic rings. The minimum absolute atomic E-state index is 0.175. The van der Waals surface area contributed by atoms with E-state index in [2.05, 4.69) is 11.1 Å². The number of thioether (sulfide) groups is 1. The quantitative estimate of drug-likeness (QED) is 0.655. The van der Waals surface area contributed by atoms with Gasteiger partial charge in [-0.15, -0.1) is 11.8 Å². The van der Waals surface area contributed by atoms with Crippen molar-refractivity contribution in [2.24, 2.45) is 0 Å². The second-order valence-electron chi connectivity index (χ2n) is 6.37. The molecular formula is C22H20N2O2S. The van der Waals surface area contributed by atoms with Gasteiger partial charge in [-0.05, 0) is 29.4 Å². The van der Waals surface area contributed by atoms with E-state index in [-0.39, 0.29) is 11.8 Å². The second-order valence-corrected chi connectivity index (χ2v) is 7.65. The molecule has 136 valence electrons. The van der Waals surface area contributed by atoms with E-state index < -0.39 is 0 Å². The number of hydrogen-bond acceptors (Lipinski definition) is 3. The minimum Gasteiger partial charge on any atom is -0.361 e. The van der Waals surface area contributed by atoms with Gasteiger partial charge in [0.15, 0.2) is 0 Å². The summed E-state index contributed by atoms with van der Waals surface area (Å²) in [6.45, 7) is 2.37. The molecule has 1 N–H and O–H groups in total. The number of benzene rings is 2. The first-order chi connectivity index (χ1) is 13.2. The molecule has 0 bridgehead atoms. The lowest BCUT2D eigenvalue weighted by Gasteiger charge is -2.14. The lowest BCUT2D eigenvalue weighted by Crippen LogP contribution is -2.33. The molecule has 4 rings (SSSR count). The summed E-state index contributed by atoms with van der Waals surface area (Å²) >= 11 is 1.44. The van der Waals surface area contributed by atoms with Crippen LogP contribution in [0.1, 0.15) is 18.1 Å². The van der Waals surface area contributed by atoms with Crippen molar-refractivity contribution in [2.45, 2.75) is 13.3 Å². The predicted molar refractivity (Wildman–Crippen MR) is 110 cm³/mol. The van der Waals surface area contributed by atoms with Crippen molar-refractivity contribution >= 4 is 40.1 Å². The third kappa shape index (κ3) is 3.19. The summed E-state index contributed by atoms with van der Waals surface area (Å²) in [6, 6.07) is 17.5. The summed E-state index contributed by atoms with van der Waals surface area (Å²) in [6.07, 6.45) is 2.59. The highest BCUT2D eigenvalue weighted by atomic mass is 32.2. The number of nitrogens with zero attached hydrogens (tertiary/aromatic N) is 1. The molecule has 0 unspecified atom stereocenters. The van der Waals surface area contributed by atoms with Gasteiger partial charge in [0.05, 0.1) is 10.5 Å². The molecule has 1 aromatic heterocycles. The van der Waals surface area contributed by atoms with Crippen LogP contribution in [0.3, 0.4) is 0 Å². The first kappa shape index (κ1) is 17.6. The zero-order chi connectivity index (χ0) is 18.8. The van der Waals surface area contributed by atoms with E-state index in [4.69, 9.17) is 0 Å². The summed E-state index contributed by atoms with van der Waals surface area (Å²) in [5, 5.41) is 1.14. The van der Waals surface area contributed by atoms with Gasteiger partial charge in [0.2, 0.25) is 0 Å². The van der Waals surface area contributed by atoms with Gasteiger partial charge in [0.25, 0.3) is 11.8 Å². The first-order valence-corrected chi connectivity index (χ1v) is 10.0. The molecule has 0 fully saturated rings. The zero-order valence-corrected chi connectivity index (χ0v) is 15.9. The van der Waals surface area contributed by atoms with Gasteiger partial charge in [-0.1, -0.05) is 55.5 Å². The van der Waals surface area contributed by atoms with Crippen LogP contribution < -0.4 is 0 Å². The molecule has 0 spiro atoms. The molecule has 27 heavy (non-hydrogen) atoms. The van der Waals surface area contributed by atoms with Crippen LogP contribution in [0.2, 0.25) is 0 Å². The highest BCUT2D eigenvalue weighted by Gasteiger charge is 2.38. The number of carbonyl (C=O) groups is 2. The Kier molecular flexibility index (Phi) is 4.86. The van der Waals surface area contributed by atoms with Crippen molar-refractivity contribution in [1.29, 1.82) is 0 Å². The van der Waals surface area contributed by atoms with E-state index in [1.165, 1.54) is 16.7 Å². The van der Waals surface area contributed by atoms with Crippen LogP contribution in [0.25, 0.3) is 16.5 Å². The van der Waals surface area contributed by atoms with Crippen LogP contribution in [0.4, 0.5) is 0 Å². The van der Waals surface area contributed by atoms with Crippen LogP contribution in [-0.4, -0.2) is 34.0 Å². The van der Waals surface area contributed by atoms with Crippen molar-refractivity contribution in [2.75, 3.05) is 12.3 Å². The fraction of sp³-hybridized carbons (Fsp3) is 0.182. The van der Waals surface area contributed by atoms with Crippen LogP contribution in [0.5, 0.6) is 0 Å². The first-order valence-electron chi connectivity index (χ1n) is 9.04. The highest BCUT2D eigenvalue weighted by molar-refractivity contribution is 8.04. The molecule has 2 heterocycles. The Balaban J connectivity index is 1.60. The maximum absolute atomic E-state index is 13.1. The normalized spacial score (nSPS) is 14.6. The Morgan fingerprint density at radius 1 is 0.963 bits per heavy atom. The van der Waals surface area contributed by atoms with Crippen molar-refractivity contribution in [3.8, 4) is 0 Å². The summed E-state index contributed by atoms with van der Waals surface area (Å²) in [5.74, 6) is 0.383. The SMILES string of the molecule is CCSC1=C(c2ccccc2)C(=O)N(CCc2c[nH]c3ccccc23)C1=O. The fourth-order valence-electron chi connectivity index (χ4n) is 3.47. The average Bonchev–Trinajstić information content (AvgIpc) is 3.21. The maximum Gasteiger partial charge on any atom is 0.267 e. The average molecular weight is 376 g/mol. The monoisotopic (exact) mass is 376 g/mol. The van der Waals surface area contributed by atoms with E-state index in [1.54, 1.807) is 0 Å². The number of aromatic amines is 1. The van der Waals surface area contributed by atoms with Crippen LogP contribution in [-0.2, 0) is 16.0 Å². The minimum atomic E-state index is -0.193. The van der Waals surface area contributed by atoms with Gasteiger partial charge in [-0.25, -0.2) is 0 Å². The molecule has 1 aliphatic heterocycles. The van der Waals surface area contributed by atoms with E-state index in [0.29, 0.717) is 23.4 Å². The van der Waals surface area contributed by atoms with E-state index >= 15 is 0 Å². The number of carbonyl (C=O) groups excluding carboxylic acids is 2. The topological polar surface area (TPSA) is 53.2 Å². The summed E-state index contributed by atoms with van der Waals surface area (Å²) in [5.41, 5.74) is 3.52. The number of rotatable bonds is 6. The Bertz CT molecular complexity index is 1040. The number of hydrogen-bond donors (Lipinski definition) is 1. The number of amides is 2. The van der Waals surface area contributed by atoms with Crippen molar-refractivity contribution < 1.29 is 9.59 Å². The van der Waals surface area contributed by atoms with Crippen LogP contribution >= 0.6 is 11.8 Å². The third-order valence-electron chi connectivity index (χ3n) is 4.76. The Morgan fingerprint density at radius 3 is 2.48 bits per heavy atom. The standard InChI is InChI=1S/C22H20N2O2S/c1-2-27-20-19(15-8-4-3-5-9-15)21(25)24(22(20)26)13-12-16-14-23-18-11-7-6-10-17(16)18/h3-11,14,23H,2,12-13H2,1H3. The van der Waals surface area contributed by atoms with Crippen LogP contribution in [0, 0.1) is 0 Å². The number of fused-ring (bicyclic) bond motifs is 1. The van der Waals surface area contributed by atoms with E-state index in [0.717, 1.165) is 27.8 Å². The van der Waals surface area contributed by atoms with Gasteiger partial charge in [-0.3, -0.25) is 14.5 Å². The molecule has 4 nitrogen and oxygen atoms in total. The van der Waals surface area contributed by atoms with E-state index in [9.17, 15) is 9.59 Å². The summed E-state index contributed by atoms with van der Waals surface area (Å²) in [4.78, 5) is 31.2. The molecule has 0 aliphatic carbocycles. The number of aromatic nitrogens is 1. The Hall–Kier alpha value is -2.79. The molecule has 0 atom stereocenters. The molecule has 5 heteroatoms. The molecule has 1 aliphatic rings. The Labute approximate surface area is 162 Å². The van der Waals surface area contributed by atoms with Crippen molar-refractivity contribution in [3.05, 3.63) is 76.8 Å². The number of para-hydroxylation sites is 1. The van der Waals surface area contributed by atoms with E-state index in [1.807, 2.05) is 61.7 Å². The summed E-state index contributed by atoms with van der Waals surface area (Å²) < 4.78 is 0. The molecule has 0 radical (unpaired) electrons. The van der Waals surface area contributed by atoms with Gasteiger partial charge in [0, 0.05) is 23.6 Å². The summed E-state index contributed by atoms with van der Waals surface area (Å²) in [7, 11) is 0. The highest BCUT2D eigenvalue weighted by Crippen LogP contribution is 2.36. The Morgan fingerprint density at radius 2 is 1.70 bits per heavy atom. The van der Waals surface area contributed by atoms with Crippen LogP contribution in [0.15, 0.2) is 65.7 Å². The lowest BCUT2D eigenvalue weighted by molar-refractivity contribution is -0.136. The lowest BCUT2D eigenvalue weighted by atomic mass is 10.1. The smallest absolute Gasteiger partial charge is 0.267 e. The fourth-order valence-corrected chi connectivity index (χ4v) is 4.34. The maximum atomic E-state index is 13.1. The van der Waals surface area contributed by atoms with Gasteiger partial charge >= 0.3 is 0 Å². The number of imide groups is 1. The number of nitrogens with one attached hydrogen (secondary N) is 1. The molecule has 2 aromatic carbocycles.